The van der Waals surface area contributed by atoms with E-state index in [-0.39, 0.29) is 23.8 Å². The summed E-state index contributed by atoms with van der Waals surface area (Å²) in [6.45, 7) is 0.523. The zero-order chi connectivity index (χ0) is 28.3. The smallest absolute Gasteiger partial charge is 0.356 e. The molecule has 3 aromatic carbocycles. The standard InChI is InChI=1S/C32H30N2O6S/c35-26(19-21-11-4-1-5-12-21)33-27-30(36)34-28(24(20-41(38)31(27)34)25-17-10-18-39-25)32(37)40-29(22-13-6-2-7-14-22)23-15-8-3-9-16-23/h1-9,11-16,25,27,29,31H,10,17-20H2,(H,33,35)/t25?,27-,31-,41?/m1/s1. The molecule has 0 aromatic heterocycles. The Morgan fingerprint density at radius 3 is 2.15 bits per heavy atom. The molecule has 3 heterocycles. The Balaban J connectivity index is 1.29. The number of esters is 1. The molecule has 3 aliphatic heterocycles. The van der Waals surface area contributed by atoms with Crippen molar-refractivity contribution in [3.63, 3.8) is 0 Å². The number of rotatable bonds is 8. The van der Waals surface area contributed by atoms with E-state index in [1.54, 1.807) is 0 Å². The van der Waals surface area contributed by atoms with Gasteiger partial charge >= 0.3 is 5.97 Å². The van der Waals surface area contributed by atoms with Crippen molar-refractivity contribution in [1.29, 1.82) is 0 Å². The van der Waals surface area contributed by atoms with E-state index in [1.165, 1.54) is 4.90 Å². The topological polar surface area (TPSA) is 102 Å². The molecule has 3 aromatic rings. The normalized spacial score (nSPS) is 23.6. The van der Waals surface area contributed by atoms with Gasteiger partial charge in [0.25, 0.3) is 5.91 Å². The highest BCUT2D eigenvalue weighted by atomic mass is 32.2. The summed E-state index contributed by atoms with van der Waals surface area (Å²) >= 11 is 0. The monoisotopic (exact) mass is 570 g/mol. The van der Waals surface area contributed by atoms with Crippen LogP contribution < -0.4 is 5.32 Å². The van der Waals surface area contributed by atoms with Gasteiger partial charge in [-0.25, -0.2) is 4.79 Å². The quantitative estimate of drug-likeness (QED) is 0.329. The number of β-lactam (4-membered cyclic amide) rings is 1. The summed E-state index contributed by atoms with van der Waals surface area (Å²) in [5.74, 6) is -1.45. The highest BCUT2D eigenvalue weighted by Gasteiger charge is 2.58. The summed E-state index contributed by atoms with van der Waals surface area (Å²) in [6.07, 6.45) is 0.412. The minimum absolute atomic E-state index is 0.0654. The van der Waals surface area contributed by atoms with E-state index in [1.807, 2.05) is 91.0 Å². The van der Waals surface area contributed by atoms with Crippen molar-refractivity contribution in [2.24, 2.45) is 0 Å². The second kappa shape index (κ2) is 11.8. The SMILES string of the molecule is O=C(Cc1ccccc1)N[C@@H]1C(=O)N2C(C(=O)OC(c3ccccc3)c3ccccc3)=C(C3CCCO3)CS(=O)[C@H]12. The van der Waals surface area contributed by atoms with E-state index in [2.05, 4.69) is 5.32 Å². The van der Waals surface area contributed by atoms with Crippen molar-refractivity contribution >= 4 is 28.6 Å². The Morgan fingerprint density at radius 2 is 1.56 bits per heavy atom. The van der Waals surface area contributed by atoms with Crippen LogP contribution in [0.3, 0.4) is 0 Å². The van der Waals surface area contributed by atoms with Crippen LogP contribution in [-0.2, 0) is 41.1 Å². The molecule has 1 N–H and O–H groups in total. The van der Waals surface area contributed by atoms with Crippen LogP contribution in [0.25, 0.3) is 0 Å². The van der Waals surface area contributed by atoms with Crippen LogP contribution >= 0.6 is 0 Å². The molecule has 3 aliphatic rings. The number of hydrogen-bond donors (Lipinski definition) is 1. The Morgan fingerprint density at radius 1 is 0.951 bits per heavy atom. The Labute approximate surface area is 240 Å². The van der Waals surface area contributed by atoms with Gasteiger partial charge in [0, 0.05) is 12.2 Å². The molecule has 0 bridgehead atoms. The molecule has 0 saturated carbocycles. The Kier molecular flexibility index (Phi) is 7.80. The predicted molar refractivity (Wildman–Crippen MR) is 153 cm³/mol. The fraction of sp³-hybridized carbons (Fsp3) is 0.281. The van der Waals surface area contributed by atoms with Gasteiger partial charge < -0.3 is 14.8 Å². The van der Waals surface area contributed by atoms with Gasteiger partial charge in [0.05, 0.1) is 29.1 Å². The lowest BCUT2D eigenvalue weighted by atomic mass is 9.98. The molecular weight excluding hydrogens is 540 g/mol. The lowest BCUT2D eigenvalue weighted by molar-refractivity contribution is -0.155. The maximum Gasteiger partial charge on any atom is 0.356 e. The van der Waals surface area contributed by atoms with Gasteiger partial charge in [-0.1, -0.05) is 91.0 Å². The fourth-order valence-electron chi connectivity index (χ4n) is 5.65. The zero-order valence-electron chi connectivity index (χ0n) is 22.3. The van der Waals surface area contributed by atoms with Gasteiger partial charge in [0.2, 0.25) is 5.91 Å². The minimum atomic E-state index is -1.55. The Hall–Kier alpha value is -4.08. The van der Waals surface area contributed by atoms with Gasteiger partial charge in [0.1, 0.15) is 17.1 Å². The molecule has 0 aliphatic carbocycles. The second-order valence-corrected chi connectivity index (χ2v) is 11.8. The van der Waals surface area contributed by atoms with E-state index < -0.39 is 46.3 Å². The van der Waals surface area contributed by atoms with E-state index in [0.717, 1.165) is 23.1 Å². The molecule has 4 atom stereocenters. The van der Waals surface area contributed by atoms with Crippen LogP contribution in [0.1, 0.15) is 35.6 Å². The maximum atomic E-state index is 14.0. The van der Waals surface area contributed by atoms with Crippen LogP contribution in [0.2, 0.25) is 0 Å². The molecule has 0 spiro atoms. The fourth-order valence-corrected chi connectivity index (χ4v) is 7.38. The summed E-state index contributed by atoms with van der Waals surface area (Å²) in [7, 11) is -1.55. The number of fused-ring (bicyclic) bond motifs is 1. The first kappa shape index (κ1) is 27.1. The zero-order valence-corrected chi connectivity index (χ0v) is 23.1. The molecule has 41 heavy (non-hydrogen) atoms. The number of hydrogen-bond acceptors (Lipinski definition) is 6. The van der Waals surface area contributed by atoms with Gasteiger partial charge in [-0.05, 0) is 29.5 Å². The first-order chi connectivity index (χ1) is 20.0. The molecule has 6 rings (SSSR count). The molecule has 2 fully saturated rings. The number of carbonyl (C=O) groups excluding carboxylic acids is 3. The first-order valence-corrected chi connectivity index (χ1v) is 15.1. The third-order valence-corrected chi connectivity index (χ3v) is 9.24. The lowest BCUT2D eigenvalue weighted by Crippen LogP contribution is -2.74. The molecule has 210 valence electrons. The molecular formula is C32H30N2O6S. The number of ether oxygens (including phenoxy) is 2. The summed E-state index contributed by atoms with van der Waals surface area (Å²) in [6, 6.07) is 27.0. The average molecular weight is 571 g/mol. The second-order valence-electron chi connectivity index (χ2n) is 10.3. The summed E-state index contributed by atoms with van der Waals surface area (Å²) in [4.78, 5) is 41.6. The molecule has 2 saturated heterocycles. The number of nitrogens with zero attached hydrogens (tertiary/aromatic N) is 1. The molecule has 0 radical (unpaired) electrons. The summed E-state index contributed by atoms with van der Waals surface area (Å²) in [5, 5.41) is 1.89. The van der Waals surface area contributed by atoms with E-state index in [9.17, 15) is 18.6 Å². The number of benzene rings is 3. The van der Waals surface area contributed by atoms with E-state index >= 15 is 0 Å². The van der Waals surface area contributed by atoms with Crippen molar-refractivity contribution in [3.05, 3.63) is 119 Å². The maximum absolute atomic E-state index is 14.0. The Bertz CT molecular complexity index is 1450. The van der Waals surface area contributed by atoms with Crippen molar-refractivity contribution in [1.82, 2.24) is 10.2 Å². The van der Waals surface area contributed by atoms with Gasteiger partial charge in [-0.2, -0.15) is 0 Å². The first-order valence-electron chi connectivity index (χ1n) is 13.7. The average Bonchev–Trinajstić information content (AvgIpc) is 3.54. The van der Waals surface area contributed by atoms with Crippen molar-refractivity contribution in [2.45, 2.75) is 42.9 Å². The highest BCUT2D eigenvalue weighted by molar-refractivity contribution is 7.86. The lowest BCUT2D eigenvalue weighted by Gasteiger charge is -2.49. The number of carbonyl (C=O) groups is 3. The highest BCUT2D eigenvalue weighted by Crippen LogP contribution is 2.40. The van der Waals surface area contributed by atoms with Crippen LogP contribution in [0.4, 0.5) is 0 Å². The minimum Gasteiger partial charge on any atom is -0.448 e. The third kappa shape index (κ3) is 5.47. The van der Waals surface area contributed by atoms with Crippen molar-refractivity contribution < 1.29 is 28.1 Å². The van der Waals surface area contributed by atoms with E-state index in [0.29, 0.717) is 18.6 Å². The van der Waals surface area contributed by atoms with Gasteiger partial charge in [-0.15, -0.1) is 0 Å². The predicted octanol–water partition coefficient (Wildman–Crippen LogP) is 3.41. The van der Waals surface area contributed by atoms with Crippen molar-refractivity contribution in [3.8, 4) is 0 Å². The third-order valence-electron chi connectivity index (χ3n) is 7.62. The van der Waals surface area contributed by atoms with Crippen LogP contribution in [-0.4, -0.2) is 56.8 Å². The largest absolute Gasteiger partial charge is 0.448 e. The molecule has 2 unspecified atom stereocenters. The molecule has 9 heteroatoms. The summed E-state index contributed by atoms with van der Waals surface area (Å²) in [5.41, 5.74) is 2.96. The van der Waals surface area contributed by atoms with E-state index in [4.69, 9.17) is 9.47 Å². The van der Waals surface area contributed by atoms with Crippen LogP contribution in [0, 0.1) is 0 Å². The summed E-state index contributed by atoms with van der Waals surface area (Å²) < 4.78 is 25.5. The van der Waals surface area contributed by atoms with Gasteiger partial charge in [0.15, 0.2) is 6.10 Å². The number of amides is 2. The van der Waals surface area contributed by atoms with Crippen molar-refractivity contribution in [2.75, 3.05) is 12.4 Å². The van der Waals surface area contributed by atoms with Gasteiger partial charge in [-0.3, -0.25) is 18.7 Å². The molecule has 2 amide bonds. The number of nitrogens with one attached hydrogen (secondary N) is 1. The molecule has 8 nitrogen and oxygen atoms in total. The van der Waals surface area contributed by atoms with Crippen LogP contribution in [0.5, 0.6) is 0 Å². The van der Waals surface area contributed by atoms with Crippen LogP contribution in [0.15, 0.2) is 102 Å².